The molecule has 1 aromatic carbocycles. The van der Waals surface area contributed by atoms with Gasteiger partial charge in [-0.15, -0.1) is 0 Å². The highest BCUT2D eigenvalue weighted by Crippen LogP contribution is 2.34. The molecule has 0 radical (unpaired) electrons. The van der Waals surface area contributed by atoms with Gasteiger partial charge in [0.05, 0.1) is 6.61 Å². The number of hydrogen-bond donors (Lipinski definition) is 1. The van der Waals surface area contributed by atoms with E-state index in [2.05, 4.69) is 30.4 Å². The summed E-state index contributed by atoms with van der Waals surface area (Å²) in [7, 11) is 0. The molecular weight excluding hydrogens is 198 g/mol. The van der Waals surface area contributed by atoms with Crippen LogP contribution in [0.1, 0.15) is 30.4 Å². The highest BCUT2D eigenvalue weighted by Gasteiger charge is 2.24. The third kappa shape index (κ3) is 1.71. The van der Waals surface area contributed by atoms with E-state index >= 15 is 0 Å². The Morgan fingerprint density at radius 2 is 2.31 bits per heavy atom. The molecule has 1 fully saturated rings. The van der Waals surface area contributed by atoms with Gasteiger partial charge in [-0.05, 0) is 48.5 Å². The summed E-state index contributed by atoms with van der Waals surface area (Å²) in [4.78, 5) is 0. The first-order chi connectivity index (χ1) is 7.84. The molecule has 16 heavy (non-hydrogen) atoms. The van der Waals surface area contributed by atoms with Crippen LogP contribution in [0.4, 0.5) is 0 Å². The predicted octanol–water partition coefficient (Wildman–Crippen LogP) is 2.33. The second kappa shape index (κ2) is 4.10. The molecule has 0 bridgehead atoms. The van der Waals surface area contributed by atoms with Crippen molar-refractivity contribution in [3.63, 3.8) is 0 Å². The van der Waals surface area contributed by atoms with Crippen LogP contribution in [0.25, 0.3) is 0 Å². The first kappa shape index (κ1) is 10.2. The maximum absolute atomic E-state index is 5.56. The zero-order valence-electron chi connectivity index (χ0n) is 9.83. The number of rotatable bonds is 1. The van der Waals surface area contributed by atoms with Crippen LogP contribution in [0.2, 0.25) is 0 Å². The quantitative estimate of drug-likeness (QED) is 0.779. The number of benzene rings is 1. The van der Waals surface area contributed by atoms with E-state index in [1.807, 2.05) is 0 Å². The average Bonchev–Trinajstić information content (AvgIpc) is 2.76. The molecule has 3 rings (SSSR count). The molecule has 1 N–H and O–H groups in total. The van der Waals surface area contributed by atoms with Gasteiger partial charge in [-0.25, -0.2) is 0 Å². The highest BCUT2D eigenvalue weighted by molar-refractivity contribution is 5.41. The van der Waals surface area contributed by atoms with Crippen LogP contribution in [0.3, 0.4) is 0 Å². The second-order valence-electron chi connectivity index (χ2n) is 5.04. The van der Waals surface area contributed by atoms with Gasteiger partial charge in [-0.1, -0.05) is 19.1 Å². The van der Waals surface area contributed by atoms with Crippen molar-refractivity contribution in [2.24, 2.45) is 5.92 Å². The van der Waals surface area contributed by atoms with Crippen LogP contribution in [-0.4, -0.2) is 19.7 Å². The molecular formula is C14H19NO. The van der Waals surface area contributed by atoms with Crippen molar-refractivity contribution in [1.82, 2.24) is 5.32 Å². The van der Waals surface area contributed by atoms with E-state index in [4.69, 9.17) is 4.74 Å². The number of hydrogen-bond acceptors (Lipinski definition) is 2. The van der Waals surface area contributed by atoms with Crippen molar-refractivity contribution < 1.29 is 4.74 Å². The van der Waals surface area contributed by atoms with Gasteiger partial charge >= 0.3 is 0 Å². The van der Waals surface area contributed by atoms with Crippen molar-refractivity contribution in [3.05, 3.63) is 29.3 Å². The van der Waals surface area contributed by atoms with Crippen LogP contribution in [0, 0.1) is 5.92 Å². The van der Waals surface area contributed by atoms with Gasteiger partial charge in [0.15, 0.2) is 0 Å². The first-order valence-electron chi connectivity index (χ1n) is 6.31. The lowest BCUT2D eigenvalue weighted by atomic mass is 9.82. The van der Waals surface area contributed by atoms with Crippen molar-refractivity contribution in [3.8, 4) is 5.75 Å². The summed E-state index contributed by atoms with van der Waals surface area (Å²) in [6.07, 6.45) is 2.35. The Hall–Kier alpha value is -1.02. The monoisotopic (exact) mass is 217 g/mol. The molecule has 2 nitrogen and oxygen atoms in total. The normalized spacial score (nSPS) is 28.6. The average molecular weight is 217 g/mol. The van der Waals surface area contributed by atoms with Gasteiger partial charge in [0.1, 0.15) is 5.75 Å². The molecule has 0 spiro atoms. The SMILES string of the molecule is C[C@H]1CNCC[C@H]1c1ccc2c(c1)CCO2. The summed E-state index contributed by atoms with van der Waals surface area (Å²) in [6.45, 7) is 5.52. The molecule has 86 valence electrons. The highest BCUT2D eigenvalue weighted by atomic mass is 16.5. The Bertz CT molecular complexity index is 388. The first-order valence-corrected chi connectivity index (χ1v) is 6.31. The van der Waals surface area contributed by atoms with Crippen molar-refractivity contribution in [1.29, 1.82) is 0 Å². The summed E-state index contributed by atoms with van der Waals surface area (Å²) in [6, 6.07) is 6.79. The van der Waals surface area contributed by atoms with Crippen LogP contribution in [0.15, 0.2) is 18.2 Å². The van der Waals surface area contributed by atoms with E-state index in [0.29, 0.717) is 0 Å². The largest absolute Gasteiger partial charge is 0.493 e. The molecule has 2 aliphatic heterocycles. The molecule has 0 aromatic heterocycles. The van der Waals surface area contributed by atoms with E-state index in [9.17, 15) is 0 Å². The number of fused-ring (bicyclic) bond motifs is 1. The van der Waals surface area contributed by atoms with Gasteiger partial charge < -0.3 is 10.1 Å². The summed E-state index contributed by atoms with van der Waals surface area (Å²) in [5, 5.41) is 3.46. The lowest BCUT2D eigenvalue weighted by molar-refractivity contribution is 0.348. The maximum atomic E-state index is 5.56. The van der Waals surface area contributed by atoms with Gasteiger partial charge in [0.25, 0.3) is 0 Å². The van der Waals surface area contributed by atoms with Crippen LogP contribution < -0.4 is 10.1 Å². The van der Waals surface area contributed by atoms with Crippen molar-refractivity contribution in [2.45, 2.75) is 25.7 Å². The third-order valence-corrected chi connectivity index (χ3v) is 3.93. The van der Waals surface area contributed by atoms with Gasteiger partial charge in [-0.3, -0.25) is 0 Å². The molecule has 2 aliphatic rings. The molecule has 1 saturated heterocycles. The fourth-order valence-corrected chi connectivity index (χ4v) is 2.95. The Kier molecular flexibility index (Phi) is 2.60. The standard InChI is InChI=1S/C14H19NO/c1-10-9-15-6-4-13(10)11-2-3-14-12(8-11)5-7-16-14/h2-3,8,10,13,15H,4-7,9H2,1H3/t10-,13+/m0/s1. The Morgan fingerprint density at radius 1 is 1.38 bits per heavy atom. The second-order valence-corrected chi connectivity index (χ2v) is 5.04. The van der Waals surface area contributed by atoms with E-state index in [0.717, 1.165) is 43.7 Å². The van der Waals surface area contributed by atoms with Crippen LogP contribution in [0.5, 0.6) is 5.75 Å². The number of nitrogens with one attached hydrogen (secondary N) is 1. The Labute approximate surface area is 97.0 Å². The smallest absolute Gasteiger partial charge is 0.122 e. The van der Waals surface area contributed by atoms with Gasteiger partial charge in [-0.2, -0.15) is 0 Å². The Balaban J connectivity index is 1.88. The maximum Gasteiger partial charge on any atom is 0.122 e. The summed E-state index contributed by atoms with van der Waals surface area (Å²) >= 11 is 0. The summed E-state index contributed by atoms with van der Waals surface area (Å²) in [5.74, 6) is 2.58. The van der Waals surface area contributed by atoms with E-state index < -0.39 is 0 Å². The van der Waals surface area contributed by atoms with E-state index in [1.165, 1.54) is 17.5 Å². The van der Waals surface area contributed by atoms with Crippen LogP contribution >= 0.6 is 0 Å². The fraction of sp³-hybridized carbons (Fsp3) is 0.571. The minimum absolute atomic E-state index is 0.729. The van der Waals surface area contributed by atoms with E-state index in [1.54, 1.807) is 0 Å². The van der Waals surface area contributed by atoms with Crippen LogP contribution in [-0.2, 0) is 6.42 Å². The Morgan fingerprint density at radius 3 is 3.19 bits per heavy atom. The third-order valence-electron chi connectivity index (χ3n) is 3.93. The van der Waals surface area contributed by atoms with Crippen molar-refractivity contribution >= 4 is 0 Å². The van der Waals surface area contributed by atoms with E-state index in [-0.39, 0.29) is 0 Å². The molecule has 1 aromatic rings. The minimum Gasteiger partial charge on any atom is -0.493 e. The lowest BCUT2D eigenvalue weighted by Gasteiger charge is -2.30. The molecule has 0 amide bonds. The van der Waals surface area contributed by atoms with Crippen molar-refractivity contribution in [2.75, 3.05) is 19.7 Å². The molecule has 2 heteroatoms. The molecule has 2 atom stereocenters. The fourth-order valence-electron chi connectivity index (χ4n) is 2.95. The minimum atomic E-state index is 0.729. The zero-order valence-corrected chi connectivity index (χ0v) is 9.83. The molecule has 0 aliphatic carbocycles. The number of piperidine rings is 1. The molecule has 2 heterocycles. The summed E-state index contributed by atoms with van der Waals surface area (Å²) in [5.41, 5.74) is 2.92. The molecule has 0 unspecified atom stereocenters. The lowest BCUT2D eigenvalue weighted by Crippen LogP contribution is -2.33. The predicted molar refractivity (Wildman–Crippen MR) is 65.0 cm³/mol. The topological polar surface area (TPSA) is 21.3 Å². The van der Waals surface area contributed by atoms with Gasteiger partial charge in [0, 0.05) is 6.42 Å². The summed E-state index contributed by atoms with van der Waals surface area (Å²) < 4.78 is 5.56. The zero-order chi connectivity index (χ0) is 11.0. The van der Waals surface area contributed by atoms with Gasteiger partial charge in [0.2, 0.25) is 0 Å². The number of ether oxygens (including phenoxy) is 1. The molecule has 0 saturated carbocycles.